The summed E-state index contributed by atoms with van der Waals surface area (Å²) in [6, 6.07) is 1.84. The first-order valence-electron chi connectivity index (χ1n) is 7.12. The molecule has 1 aromatic heterocycles. The van der Waals surface area contributed by atoms with Crippen molar-refractivity contribution in [2.45, 2.75) is 59.4 Å². The summed E-state index contributed by atoms with van der Waals surface area (Å²) >= 11 is 0. The molecule has 0 aliphatic carbocycles. The molecule has 21 heavy (non-hydrogen) atoms. The molecule has 0 unspecified atom stereocenters. The fraction of sp³-hybridized carbons (Fsp3) is 0.733. The van der Waals surface area contributed by atoms with E-state index in [4.69, 9.17) is 4.42 Å². The number of nitrogens with one attached hydrogen (secondary N) is 1. The van der Waals surface area contributed by atoms with Crippen molar-refractivity contribution in [1.29, 1.82) is 0 Å². The van der Waals surface area contributed by atoms with Crippen molar-refractivity contribution < 1.29 is 17.6 Å². The molecule has 0 aliphatic rings. The summed E-state index contributed by atoms with van der Waals surface area (Å²) < 4.78 is 43.0. The van der Waals surface area contributed by atoms with Crippen LogP contribution in [0.25, 0.3) is 0 Å². The molecule has 1 N–H and O–H groups in total. The van der Waals surface area contributed by atoms with Crippen molar-refractivity contribution in [3.05, 3.63) is 23.2 Å². The van der Waals surface area contributed by atoms with Gasteiger partial charge in [-0.2, -0.15) is 13.2 Å². The van der Waals surface area contributed by atoms with E-state index in [9.17, 15) is 13.2 Å². The number of halogens is 3. The zero-order valence-corrected chi connectivity index (χ0v) is 13.4. The van der Waals surface area contributed by atoms with Crippen LogP contribution in [0.3, 0.4) is 0 Å². The fourth-order valence-electron chi connectivity index (χ4n) is 1.96. The summed E-state index contributed by atoms with van der Waals surface area (Å²) in [6.45, 7) is 9.92. The first-order chi connectivity index (χ1) is 9.50. The Morgan fingerprint density at radius 3 is 2.33 bits per heavy atom. The Kier molecular flexibility index (Phi) is 5.87. The summed E-state index contributed by atoms with van der Waals surface area (Å²) in [5, 5.41) is 3.30. The summed E-state index contributed by atoms with van der Waals surface area (Å²) in [6.07, 6.45) is -4.18. The van der Waals surface area contributed by atoms with Gasteiger partial charge in [-0.15, -0.1) is 0 Å². The predicted molar refractivity (Wildman–Crippen MR) is 77.0 cm³/mol. The first-order valence-corrected chi connectivity index (χ1v) is 7.12. The number of furan rings is 1. The highest BCUT2D eigenvalue weighted by Crippen LogP contribution is 2.21. The third-order valence-electron chi connectivity index (χ3n) is 3.11. The Morgan fingerprint density at radius 1 is 1.24 bits per heavy atom. The number of alkyl halides is 3. The van der Waals surface area contributed by atoms with Crippen molar-refractivity contribution >= 4 is 0 Å². The Hall–Kier alpha value is -1.01. The van der Waals surface area contributed by atoms with Gasteiger partial charge >= 0.3 is 6.18 Å². The van der Waals surface area contributed by atoms with Crippen LogP contribution in [0.5, 0.6) is 0 Å². The molecule has 0 bridgehead atoms. The van der Waals surface area contributed by atoms with Crippen LogP contribution in [0.1, 0.15) is 44.8 Å². The topological polar surface area (TPSA) is 28.4 Å². The van der Waals surface area contributed by atoms with E-state index in [1.54, 1.807) is 13.8 Å². The Labute approximate surface area is 124 Å². The average molecular weight is 306 g/mol. The van der Waals surface area contributed by atoms with Crippen molar-refractivity contribution in [2.75, 3.05) is 13.1 Å². The highest BCUT2D eigenvalue weighted by Gasteiger charge is 2.30. The van der Waals surface area contributed by atoms with Crippen LogP contribution in [0.15, 0.2) is 10.5 Å². The molecule has 0 aromatic carbocycles. The van der Waals surface area contributed by atoms with Crippen molar-refractivity contribution in [3.63, 3.8) is 0 Å². The van der Waals surface area contributed by atoms with Gasteiger partial charge < -0.3 is 9.73 Å². The van der Waals surface area contributed by atoms with Gasteiger partial charge in [-0.1, -0.05) is 6.92 Å². The maximum Gasteiger partial charge on any atom is 0.401 e. The minimum atomic E-state index is -4.18. The summed E-state index contributed by atoms with van der Waals surface area (Å²) in [5.41, 5.74) is 0.777. The van der Waals surface area contributed by atoms with Gasteiger partial charge in [-0.05, 0) is 40.3 Å². The zero-order valence-electron chi connectivity index (χ0n) is 13.4. The molecule has 1 rings (SSSR count). The Balaban J connectivity index is 2.69. The van der Waals surface area contributed by atoms with E-state index < -0.39 is 12.7 Å². The summed E-state index contributed by atoms with van der Waals surface area (Å²) in [5.74, 6) is 1.43. The smallest absolute Gasteiger partial charge is 0.401 e. The lowest BCUT2D eigenvalue weighted by Gasteiger charge is -2.21. The van der Waals surface area contributed by atoms with Crippen LogP contribution in [-0.2, 0) is 13.1 Å². The molecule has 122 valence electrons. The predicted octanol–water partition coefficient (Wildman–Crippen LogP) is 3.86. The molecule has 0 radical (unpaired) electrons. The van der Waals surface area contributed by atoms with Gasteiger partial charge in [-0.25, -0.2) is 0 Å². The molecular weight excluding hydrogens is 281 g/mol. The number of aryl methyl sites for hydroxylation is 1. The van der Waals surface area contributed by atoms with Gasteiger partial charge in [0.2, 0.25) is 0 Å². The van der Waals surface area contributed by atoms with Crippen molar-refractivity contribution in [3.8, 4) is 0 Å². The van der Waals surface area contributed by atoms with E-state index in [0.717, 1.165) is 11.3 Å². The van der Waals surface area contributed by atoms with E-state index >= 15 is 0 Å². The van der Waals surface area contributed by atoms with Gasteiger partial charge in [0.25, 0.3) is 0 Å². The molecule has 1 aromatic rings. The van der Waals surface area contributed by atoms with E-state index in [1.165, 1.54) is 4.90 Å². The number of hydrogen-bond acceptors (Lipinski definition) is 3. The standard InChI is InChI=1S/C15H25F3N2O/c1-6-20(10-15(16,17)18)9-12-7-13(21-11(12)2)8-19-14(3,4)5/h7,19H,6,8-10H2,1-5H3. The van der Waals surface area contributed by atoms with Gasteiger partial charge in [0.1, 0.15) is 11.5 Å². The minimum Gasteiger partial charge on any atom is -0.465 e. The van der Waals surface area contributed by atoms with Gasteiger partial charge in [0.05, 0.1) is 13.1 Å². The lowest BCUT2D eigenvalue weighted by Crippen LogP contribution is -2.35. The van der Waals surface area contributed by atoms with E-state index in [-0.39, 0.29) is 12.1 Å². The molecule has 0 atom stereocenters. The molecule has 0 amide bonds. The third-order valence-corrected chi connectivity index (χ3v) is 3.11. The molecule has 3 nitrogen and oxygen atoms in total. The second-order valence-corrected chi connectivity index (χ2v) is 6.32. The highest BCUT2D eigenvalue weighted by atomic mass is 19.4. The molecule has 0 fully saturated rings. The monoisotopic (exact) mass is 306 g/mol. The third kappa shape index (κ3) is 7.00. The van der Waals surface area contributed by atoms with Gasteiger partial charge in [0.15, 0.2) is 0 Å². The van der Waals surface area contributed by atoms with Gasteiger partial charge in [-0.3, -0.25) is 4.90 Å². The zero-order chi connectivity index (χ0) is 16.3. The summed E-state index contributed by atoms with van der Waals surface area (Å²) in [4.78, 5) is 1.36. The average Bonchev–Trinajstić information content (AvgIpc) is 2.64. The van der Waals surface area contributed by atoms with E-state index in [1.807, 2.05) is 26.8 Å². The Bertz CT molecular complexity index is 447. The van der Waals surface area contributed by atoms with Crippen LogP contribution < -0.4 is 5.32 Å². The lowest BCUT2D eigenvalue weighted by molar-refractivity contribution is -0.146. The van der Waals surface area contributed by atoms with Crippen LogP contribution in [0.2, 0.25) is 0 Å². The normalized spacial score (nSPS) is 13.2. The fourth-order valence-corrected chi connectivity index (χ4v) is 1.96. The van der Waals surface area contributed by atoms with E-state index in [2.05, 4.69) is 5.32 Å². The Morgan fingerprint density at radius 2 is 1.86 bits per heavy atom. The number of nitrogens with zero attached hydrogens (tertiary/aromatic N) is 1. The molecule has 0 saturated carbocycles. The molecule has 0 aliphatic heterocycles. The first kappa shape index (κ1) is 18.0. The van der Waals surface area contributed by atoms with Crippen molar-refractivity contribution in [1.82, 2.24) is 10.2 Å². The minimum absolute atomic E-state index is 0.0351. The molecule has 0 spiro atoms. The van der Waals surface area contributed by atoms with Crippen LogP contribution >= 0.6 is 0 Å². The highest BCUT2D eigenvalue weighted by molar-refractivity contribution is 5.21. The molecular formula is C15H25F3N2O. The second kappa shape index (κ2) is 6.83. The maximum absolute atomic E-state index is 12.5. The molecule has 0 saturated heterocycles. The van der Waals surface area contributed by atoms with E-state index in [0.29, 0.717) is 18.8 Å². The summed E-state index contributed by atoms with van der Waals surface area (Å²) in [7, 11) is 0. The maximum atomic E-state index is 12.5. The van der Waals surface area contributed by atoms with Gasteiger partial charge in [0, 0.05) is 17.6 Å². The molecule has 6 heteroatoms. The van der Waals surface area contributed by atoms with Crippen LogP contribution in [-0.4, -0.2) is 29.7 Å². The number of hydrogen-bond donors (Lipinski definition) is 1. The quantitative estimate of drug-likeness (QED) is 0.865. The molecule has 1 heterocycles. The van der Waals surface area contributed by atoms with Crippen LogP contribution in [0.4, 0.5) is 13.2 Å². The van der Waals surface area contributed by atoms with Crippen LogP contribution in [0, 0.1) is 6.92 Å². The lowest BCUT2D eigenvalue weighted by atomic mass is 10.1. The number of rotatable bonds is 6. The second-order valence-electron chi connectivity index (χ2n) is 6.32. The largest absolute Gasteiger partial charge is 0.465 e. The van der Waals surface area contributed by atoms with Crippen molar-refractivity contribution in [2.24, 2.45) is 0 Å². The SMILES string of the molecule is CCN(Cc1cc(CNC(C)(C)C)oc1C)CC(F)(F)F.